The summed E-state index contributed by atoms with van der Waals surface area (Å²) in [5, 5.41) is -0.445. The van der Waals surface area contributed by atoms with Crippen LogP contribution in [0.25, 0.3) is 0 Å². The summed E-state index contributed by atoms with van der Waals surface area (Å²) in [6.45, 7) is 1.53. The maximum Gasteiger partial charge on any atom is 0.221 e. The zero-order valence-corrected chi connectivity index (χ0v) is 12.6. The fourth-order valence-electron chi connectivity index (χ4n) is 1.98. The van der Waals surface area contributed by atoms with Gasteiger partial charge in [-0.3, -0.25) is 0 Å². The molecule has 17 heavy (non-hydrogen) atoms. The summed E-state index contributed by atoms with van der Waals surface area (Å²) in [6, 6.07) is 0.0144. The molecule has 4 nitrogen and oxygen atoms in total. The van der Waals surface area contributed by atoms with E-state index in [4.69, 9.17) is 18.0 Å². The summed E-state index contributed by atoms with van der Waals surface area (Å²) < 4.78 is 26.8. The molecule has 1 rings (SSSR count). The van der Waals surface area contributed by atoms with Crippen molar-refractivity contribution in [3.8, 4) is 0 Å². The van der Waals surface area contributed by atoms with Gasteiger partial charge in [-0.2, -0.15) is 11.8 Å². The van der Waals surface area contributed by atoms with Crippen molar-refractivity contribution in [3.63, 3.8) is 0 Å². The molecular weight excluding hydrogens is 276 g/mol. The Hall–Kier alpha value is 0.150. The lowest BCUT2D eigenvalue weighted by Crippen LogP contribution is -2.49. The number of nitrogens with two attached hydrogens (primary N) is 1. The Bertz CT molecular complexity index is 370. The number of rotatable bonds is 5. The zero-order chi connectivity index (χ0) is 13.1. The molecule has 3 atom stereocenters. The van der Waals surface area contributed by atoms with Gasteiger partial charge < -0.3 is 5.73 Å². The largest absolute Gasteiger partial charge is 0.392 e. The van der Waals surface area contributed by atoms with Crippen molar-refractivity contribution in [2.45, 2.75) is 49.1 Å². The van der Waals surface area contributed by atoms with Crippen LogP contribution in [0, 0.1) is 0 Å². The van der Waals surface area contributed by atoms with Crippen LogP contribution in [0.2, 0.25) is 0 Å². The summed E-state index contributed by atoms with van der Waals surface area (Å²) in [5.41, 5.74) is 5.40. The Balaban J connectivity index is 2.72. The lowest BCUT2D eigenvalue weighted by molar-refractivity contribution is 0.423. The number of thiocarbonyl (C=S) groups is 1. The van der Waals surface area contributed by atoms with Crippen molar-refractivity contribution in [2.24, 2.45) is 5.73 Å². The molecule has 0 spiro atoms. The van der Waals surface area contributed by atoms with Crippen LogP contribution in [0.15, 0.2) is 0 Å². The van der Waals surface area contributed by atoms with Crippen LogP contribution in [-0.2, 0) is 10.0 Å². The molecule has 0 saturated heterocycles. The Morgan fingerprint density at radius 2 is 2.06 bits per heavy atom. The minimum atomic E-state index is -3.43. The first-order chi connectivity index (χ1) is 7.88. The molecule has 0 aromatic carbocycles. The molecule has 0 bridgehead atoms. The first-order valence-corrected chi connectivity index (χ1v) is 8.96. The molecule has 1 aliphatic carbocycles. The molecule has 7 heteroatoms. The molecule has 1 fully saturated rings. The van der Waals surface area contributed by atoms with E-state index in [1.54, 1.807) is 11.8 Å². The van der Waals surface area contributed by atoms with E-state index in [1.807, 2.05) is 6.26 Å². The smallest absolute Gasteiger partial charge is 0.221 e. The second-order valence-corrected chi connectivity index (χ2v) is 7.95. The van der Waals surface area contributed by atoms with Crippen LogP contribution >= 0.6 is 24.0 Å². The van der Waals surface area contributed by atoms with Gasteiger partial charge in [-0.15, -0.1) is 0 Å². The summed E-state index contributed by atoms with van der Waals surface area (Å²) >= 11 is 6.47. The third-order valence-corrected chi connectivity index (χ3v) is 6.68. The summed E-state index contributed by atoms with van der Waals surface area (Å²) in [4.78, 5) is 0.0222. The SMILES string of the molecule is CSC1CCCCC1NS(=O)(=O)C(C)C(N)=S. The van der Waals surface area contributed by atoms with E-state index in [-0.39, 0.29) is 11.0 Å². The maximum atomic E-state index is 12.0. The number of hydrogen-bond donors (Lipinski definition) is 2. The van der Waals surface area contributed by atoms with Crippen LogP contribution in [0.3, 0.4) is 0 Å². The molecule has 0 aromatic rings. The Kier molecular flexibility index (Phi) is 5.69. The van der Waals surface area contributed by atoms with Gasteiger partial charge in [0.1, 0.15) is 5.25 Å². The molecule has 3 unspecified atom stereocenters. The molecule has 0 aliphatic heterocycles. The molecule has 100 valence electrons. The second kappa shape index (κ2) is 6.36. The molecule has 1 aliphatic rings. The summed E-state index contributed by atoms with van der Waals surface area (Å²) in [6.07, 6.45) is 6.24. The number of nitrogens with one attached hydrogen (secondary N) is 1. The number of sulfonamides is 1. The molecule has 0 amide bonds. The fraction of sp³-hybridized carbons (Fsp3) is 0.900. The van der Waals surface area contributed by atoms with Gasteiger partial charge in [-0.1, -0.05) is 25.1 Å². The van der Waals surface area contributed by atoms with Crippen LogP contribution in [-0.4, -0.2) is 36.2 Å². The van der Waals surface area contributed by atoms with Crippen LogP contribution < -0.4 is 10.5 Å². The summed E-state index contributed by atoms with van der Waals surface area (Å²) in [7, 11) is -3.43. The van der Waals surface area contributed by atoms with E-state index in [1.165, 1.54) is 13.3 Å². The van der Waals surface area contributed by atoms with E-state index in [0.29, 0.717) is 5.25 Å². The normalized spacial score (nSPS) is 27.6. The number of thioether (sulfide) groups is 1. The molecule has 0 radical (unpaired) electrons. The highest BCUT2D eigenvalue weighted by Crippen LogP contribution is 2.27. The Morgan fingerprint density at radius 1 is 1.47 bits per heavy atom. The van der Waals surface area contributed by atoms with Gasteiger partial charge in [-0.25, -0.2) is 13.1 Å². The van der Waals surface area contributed by atoms with Crippen LogP contribution in [0.5, 0.6) is 0 Å². The highest BCUT2D eigenvalue weighted by atomic mass is 32.2. The van der Waals surface area contributed by atoms with Crippen molar-refractivity contribution in [2.75, 3.05) is 6.26 Å². The maximum absolute atomic E-state index is 12.0. The average Bonchev–Trinajstić information content (AvgIpc) is 2.28. The predicted molar refractivity (Wildman–Crippen MR) is 77.9 cm³/mol. The van der Waals surface area contributed by atoms with E-state index < -0.39 is 15.3 Å². The Labute approximate surface area is 113 Å². The quantitative estimate of drug-likeness (QED) is 0.747. The van der Waals surface area contributed by atoms with Gasteiger partial charge in [0.05, 0.1) is 4.99 Å². The topological polar surface area (TPSA) is 72.2 Å². The van der Waals surface area contributed by atoms with Gasteiger partial charge >= 0.3 is 0 Å². The average molecular weight is 296 g/mol. The van der Waals surface area contributed by atoms with Crippen molar-refractivity contribution in [1.82, 2.24) is 4.72 Å². The highest BCUT2D eigenvalue weighted by Gasteiger charge is 2.31. The zero-order valence-electron chi connectivity index (χ0n) is 10.2. The predicted octanol–water partition coefficient (Wildman–Crippen LogP) is 1.25. The molecule has 0 heterocycles. The second-order valence-electron chi connectivity index (χ2n) is 4.37. The van der Waals surface area contributed by atoms with Crippen molar-refractivity contribution in [3.05, 3.63) is 0 Å². The molecule has 3 N–H and O–H groups in total. The van der Waals surface area contributed by atoms with Crippen LogP contribution in [0.4, 0.5) is 0 Å². The first-order valence-electron chi connectivity index (χ1n) is 5.71. The van der Waals surface area contributed by atoms with E-state index in [0.717, 1.165) is 19.3 Å². The van der Waals surface area contributed by atoms with E-state index in [2.05, 4.69) is 4.72 Å². The van der Waals surface area contributed by atoms with Crippen molar-refractivity contribution < 1.29 is 8.42 Å². The lowest BCUT2D eigenvalue weighted by Gasteiger charge is -2.31. The highest BCUT2D eigenvalue weighted by molar-refractivity contribution is 7.99. The summed E-state index contributed by atoms with van der Waals surface area (Å²) in [5.74, 6) is 0. The number of hydrogen-bond acceptors (Lipinski definition) is 4. The fourth-order valence-corrected chi connectivity index (χ4v) is 4.60. The molecular formula is C10H20N2O2S3. The van der Waals surface area contributed by atoms with Gasteiger partial charge in [0.2, 0.25) is 10.0 Å². The van der Waals surface area contributed by atoms with E-state index >= 15 is 0 Å². The standard InChI is InChI=1S/C10H20N2O2S3/c1-7(10(11)15)17(13,14)12-8-5-3-4-6-9(8)16-2/h7-9,12H,3-6H2,1-2H3,(H2,11,15). The third kappa shape index (κ3) is 4.08. The molecule has 0 aromatic heterocycles. The Morgan fingerprint density at radius 3 is 2.59 bits per heavy atom. The monoisotopic (exact) mass is 296 g/mol. The van der Waals surface area contributed by atoms with Crippen molar-refractivity contribution >= 4 is 39.0 Å². The van der Waals surface area contributed by atoms with Gasteiger partial charge in [0.15, 0.2) is 0 Å². The minimum Gasteiger partial charge on any atom is -0.392 e. The van der Waals surface area contributed by atoms with E-state index in [9.17, 15) is 8.42 Å². The van der Waals surface area contributed by atoms with Gasteiger partial charge in [0.25, 0.3) is 0 Å². The first kappa shape index (κ1) is 15.2. The minimum absolute atomic E-state index is 0.0144. The molecule has 1 saturated carbocycles. The van der Waals surface area contributed by atoms with Crippen LogP contribution in [0.1, 0.15) is 32.6 Å². The van der Waals surface area contributed by atoms with Crippen molar-refractivity contribution in [1.29, 1.82) is 0 Å². The van der Waals surface area contributed by atoms with Gasteiger partial charge in [0, 0.05) is 11.3 Å². The van der Waals surface area contributed by atoms with Gasteiger partial charge in [-0.05, 0) is 26.0 Å². The third-order valence-electron chi connectivity index (χ3n) is 3.19. The lowest BCUT2D eigenvalue weighted by atomic mass is 9.96.